The maximum absolute atomic E-state index is 13.2. The highest BCUT2D eigenvalue weighted by molar-refractivity contribution is 5.26. The summed E-state index contributed by atoms with van der Waals surface area (Å²) in [6, 6.07) is 4.97. The highest BCUT2D eigenvalue weighted by atomic mass is 19.1. The smallest absolute Gasteiger partial charge is 0.257 e. The third kappa shape index (κ3) is 1.44. The molecule has 0 spiro atoms. The van der Waals surface area contributed by atoms with Crippen molar-refractivity contribution >= 4 is 0 Å². The Kier molecular flexibility index (Phi) is 2.80. The predicted molar refractivity (Wildman–Crippen MR) is 47.7 cm³/mol. The molecule has 0 aliphatic heterocycles. The van der Waals surface area contributed by atoms with Gasteiger partial charge in [0.2, 0.25) is 6.07 Å². The predicted octanol–water partition coefficient (Wildman–Crippen LogP) is 1.06. The summed E-state index contributed by atoms with van der Waals surface area (Å²) in [4.78, 5) is 18.4. The minimum absolute atomic E-state index is 0.814. The van der Waals surface area contributed by atoms with Gasteiger partial charge >= 0.3 is 5.66 Å². The molecular formula is C8H4FN3O4. The first-order chi connectivity index (χ1) is 7.46. The summed E-state index contributed by atoms with van der Waals surface area (Å²) in [6.07, 6.45) is 0. The summed E-state index contributed by atoms with van der Waals surface area (Å²) in [6.45, 7) is 0. The standard InChI is InChI=1S/C8H4FN3O4/c9-7-4-2-1-3-6(7)8(5-10,11(13)14)12(15)16/h1-4H. The molecular weight excluding hydrogens is 221 g/mol. The lowest BCUT2D eigenvalue weighted by molar-refractivity contribution is -0.791. The molecule has 0 heterocycles. The van der Waals surface area contributed by atoms with E-state index in [0.29, 0.717) is 0 Å². The fourth-order valence-corrected chi connectivity index (χ4v) is 1.15. The van der Waals surface area contributed by atoms with Crippen LogP contribution in [0.25, 0.3) is 0 Å². The molecule has 0 aromatic heterocycles. The number of halogens is 1. The van der Waals surface area contributed by atoms with Crippen molar-refractivity contribution in [3.63, 3.8) is 0 Å². The van der Waals surface area contributed by atoms with E-state index in [1.807, 2.05) is 0 Å². The van der Waals surface area contributed by atoms with E-state index in [1.165, 1.54) is 12.1 Å². The number of hydrogen-bond donors (Lipinski definition) is 0. The minimum Gasteiger partial charge on any atom is -0.257 e. The van der Waals surface area contributed by atoms with Crippen molar-refractivity contribution in [3.05, 3.63) is 55.9 Å². The molecule has 0 N–H and O–H groups in total. The second-order valence-corrected chi connectivity index (χ2v) is 2.78. The normalized spacial score (nSPS) is 10.5. The lowest BCUT2D eigenvalue weighted by Gasteiger charge is -2.09. The quantitative estimate of drug-likeness (QED) is 0.433. The van der Waals surface area contributed by atoms with E-state index in [-0.39, 0.29) is 0 Å². The van der Waals surface area contributed by atoms with Crippen LogP contribution in [0, 0.1) is 37.4 Å². The highest BCUT2D eigenvalue weighted by Crippen LogP contribution is 2.27. The lowest BCUT2D eigenvalue weighted by atomic mass is 10.0. The summed E-state index contributed by atoms with van der Waals surface area (Å²) in [7, 11) is 0. The molecule has 16 heavy (non-hydrogen) atoms. The summed E-state index contributed by atoms with van der Waals surface area (Å²) >= 11 is 0. The van der Waals surface area contributed by atoms with E-state index < -0.39 is 26.9 Å². The summed E-state index contributed by atoms with van der Waals surface area (Å²) in [5.74, 6) is -1.17. The number of rotatable bonds is 3. The molecule has 0 saturated carbocycles. The van der Waals surface area contributed by atoms with E-state index in [1.54, 1.807) is 0 Å². The van der Waals surface area contributed by atoms with Crippen LogP contribution in [-0.2, 0) is 5.66 Å². The number of nitro groups is 2. The maximum atomic E-state index is 13.2. The maximum Gasteiger partial charge on any atom is 0.572 e. The van der Waals surface area contributed by atoms with Gasteiger partial charge in [-0.1, -0.05) is 12.1 Å². The molecule has 0 saturated heterocycles. The number of nitriles is 1. The molecule has 0 fully saturated rings. The Balaban J connectivity index is 3.57. The minimum atomic E-state index is -3.30. The van der Waals surface area contributed by atoms with Crippen LogP contribution in [0.1, 0.15) is 5.56 Å². The third-order valence-corrected chi connectivity index (χ3v) is 1.93. The second kappa shape index (κ2) is 3.90. The first kappa shape index (κ1) is 11.5. The highest BCUT2D eigenvalue weighted by Gasteiger charge is 2.61. The van der Waals surface area contributed by atoms with Crippen LogP contribution in [0.3, 0.4) is 0 Å². The van der Waals surface area contributed by atoms with Crippen molar-refractivity contribution in [1.29, 1.82) is 5.26 Å². The SMILES string of the molecule is N#CC(c1ccccc1F)([N+](=O)[O-])[N+](=O)[O-]. The van der Waals surface area contributed by atoms with Crippen molar-refractivity contribution in [3.8, 4) is 6.07 Å². The number of nitrogens with zero attached hydrogens (tertiary/aromatic N) is 3. The van der Waals surface area contributed by atoms with E-state index in [4.69, 9.17) is 5.26 Å². The van der Waals surface area contributed by atoms with E-state index in [9.17, 15) is 24.6 Å². The van der Waals surface area contributed by atoms with Gasteiger partial charge in [-0.2, -0.15) is 5.26 Å². The van der Waals surface area contributed by atoms with Gasteiger partial charge in [-0.05, 0) is 12.1 Å². The van der Waals surface area contributed by atoms with Crippen LogP contribution < -0.4 is 0 Å². The molecule has 0 unspecified atom stereocenters. The molecule has 1 aromatic rings. The molecule has 0 bridgehead atoms. The van der Waals surface area contributed by atoms with Gasteiger partial charge in [-0.3, -0.25) is 20.2 Å². The van der Waals surface area contributed by atoms with E-state index in [2.05, 4.69) is 0 Å². The Bertz CT molecular complexity index is 482. The molecule has 82 valence electrons. The summed E-state index contributed by atoms with van der Waals surface area (Å²) in [5.41, 5.74) is -4.18. The van der Waals surface area contributed by atoms with Gasteiger partial charge in [0.1, 0.15) is 15.7 Å². The zero-order chi connectivity index (χ0) is 12.3. The fraction of sp³-hybridized carbons (Fsp3) is 0.125. The van der Waals surface area contributed by atoms with E-state index >= 15 is 0 Å². The van der Waals surface area contributed by atoms with Crippen molar-refractivity contribution in [1.82, 2.24) is 0 Å². The van der Waals surface area contributed by atoms with Gasteiger partial charge < -0.3 is 0 Å². The third-order valence-electron chi connectivity index (χ3n) is 1.93. The summed E-state index contributed by atoms with van der Waals surface area (Å²) < 4.78 is 13.2. The molecule has 0 aliphatic carbocycles. The Labute approximate surface area is 88.0 Å². The first-order valence-corrected chi connectivity index (χ1v) is 3.92. The van der Waals surface area contributed by atoms with Crippen LogP contribution in [0.2, 0.25) is 0 Å². The molecule has 0 atom stereocenters. The van der Waals surface area contributed by atoms with Gasteiger partial charge in [-0.25, -0.2) is 4.39 Å². The van der Waals surface area contributed by atoms with Crippen molar-refractivity contribution in [2.75, 3.05) is 0 Å². The Morgan fingerprint density at radius 3 is 2.12 bits per heavy atom. The molecule has 0 radical (unpaired) electrons. The van der Waals surface area contributed by atoms with Crippen molar-refractivity contribution in [2.45, 2.75) is 5.66 Å². The van der Waals surface area contributed by atoms with E-state index in [0.717, 1.165) is 18.2 Å². The average molecular weight is 225 g/mol. The monoisotopic (exact) mass is 225 g/mol. The largest absolute Gasteiger partial charge is 0.572 e. The Morgan fingerprint density at radius 1 is 1.25 bits per heavy atom. The van der Waals surface area contributed by atoms with Crippen LogP contribution in [0.4, 0.5) is 4.39 Å². The van der Waals surface area contributed by atoms with Gasteiger partial charge in [0.05, 0.1) is 0 Å². The van der Waals surface area contributed by atoms with Crippen LogP contribution in [0.5, 0.6) is 0 Å². The van der Waals surface area contributed by atoms with Crippen LogP contribution in [-0.4, -0.2) is 9.85 Å². The molecule has 8 heteroatoms. The molecule has 1 aromatic carbocycles. The average Bonchev–Trinajstić information content (AvgIpc) is 2.21. The Morgan fingerprint density at radius 2 is 1.75 bits per heavy atom. The van der Waals surface area contributed by atoms with Crippen LogP contribution >= 0.6 is 0 Å². The van der Waals surface area contributed by atoms with Gasteiger partial charge in [0.15, 0.2) is 5.56 Å². The molecule has 0 amide bonds. The zero-order valence-electron chi connectivity index (χ0n) is 7.66. The summed E-state index contributed by atoms with van der Waals surface area (Å²) in [5, 5.41) is 29.8. The molecule has 1 rings (SSSR count). The van der Waals surface area contributed by atoms with Gasteiger partial charge in [0.25, 0.3) is 0 Å². The van der Waals surface area contributed by atoms with Crippen LogP contribution in [0.15, 0.2) is 24.3 Å². The van der Waals surface area contributed by atoms with Crippen molar-refractivity contribution in [2.24, 2.45) is 0 Å². The van der Waals surface area contributed by atoms with Crippen molar-refractivity contribution < 1.29 is 14.2 Å². The molecule has 0 aliphatic rings. The lowest BCUT2D eigenvalue weighted by Crippen LogP contribution is -2.42. The van der Waals surface area contributed by atoms with Gasteiger partial charge in [-0.15, -0.1) is 0 Å². The number of hydrogen-bond acceptors (Lipinski definition) is 5. The molecule has 7 nitrogen and oxygen atoms in total. The zero-order valence-corrected chi connectivity index (χ0v) is 7.66. The fourth-order valence-electron chi connectivity index (χ4n) is 1.15. The van der Waals surface area contributed by atoms with Gasteiger partial charge in [0, 0.05) is 0 Å². The topological polar surface area (TPSA) is 110 Å². The number of benzene rings is 1. The first-order valence-electron chi connectivity index (χ1n) is 3.92. The Hall–Kier alpha value is -2.56. The second-order valence-electron chi connectivity index (χ2n) is 2.78.